The van der Waals surface area contributed by atoms with Crippen molar-refractivity contribution in [3.63, 3.8) is 0 Å². The summed E-state index contributed by atoms with van der Waals surface area (Å²) in [4.78, 5) is 4.68. The van der Waals surface area contributed by atoms with Crippen molar-refractivity contribution in [2.24, 2.45) is 4.99 Å². The SMILES string of the molecule is CC(C)=CCOc1cc2c(cc1O)C(Cc1ccccc1)=NCC2. The molecule has 3 heteroatoms. The van der Waals surface area contributed by atoms with Crippen LogP contribution in [0.25, 0.3) is 0 Å². The van der Waals surface area contributed by atoms with Gasteiger partial charge in [-0.05, 0) is 49.6 Å². The van der Waals surface area contributed by atoms with Gasteiger partial charge < -0.3 is 9.84 Å². The van der Waals surface area contributed by atoms with Crippen molar-refractivity contribution < 1.29 is 9.84 Å². The minimum atomic E-state index is 0.179. The van der Waals surface area contributed by atoms with E-state index >= 15 is 0 Å². The maximum Gasteiger partial charge on any atom is 0.161 e. The summed E-state index contributed by atoms with van der Waals surface area (Å²) in [5, 5.41) is 10.3. The Hall–Kier alpha value is -2.55. The van der Waals surface area contributed by atoms with Crippen molar-refractivity contribution in [3.05, 3.63) is 70.8 Å². The molecule has 2 aromatic rings. The van der Waals surface area contributed by atoms with E-state index in [1.807, 2.05) is 44.2 Å². The maximum atomic E-state index is 10.3. The van der Waals surface area contributed by atoms with Gasteiger partial charge >= 0.3 is 0 Å². The van der Waals surface area contributed by atoms with E-state index < -0.39 is 0 Å². The molecule has 0 bridgehead atoms. The zero-order valence-corrected chi connectivity index (χ0v) is 14.2. The standard InChI is InChI=1S/C21H23NO2/c1-15(2)9-11-24-21-13-17-8-10-22-19(18(17)14-20(21)23)12-16-6-4-3-5-7-16/h3-7,9,13-14,23H,8,10-12H2,1-2H3. The Kier molecular flexibility index (Phi) is 4.99. The molecule has 0 atom stereocenters. The smallest absolute Gasteiger partial charge is 0.161 e. The lowest BCUT2D eigenvalue weighted by atomic mass is 9.93. The van der Waals surface area contributed by atoms with E-state index in [4.69, 9.17) is 4.74 Å². The van der Waals surface area contributed by atoms with E-state index in [1.165, 1.54) is 16.7 Å². The van der Waals surface area contributed by atoms with Crippen LogP contribution in [0.2, 0.25) is 0 Å². The number of aromatic hydroxyl groups is 1. The van der Waals surface area contributed by atoms with Gasteiger partial charge in [-0.25, -0.2) is 0 Å². The fourth-order valence-electron chi connectivity index (χ4n) is 2.84. The molecule has 124 valence electrons. The van der Waals surface area contributed by atoms with Crippen LogP contribution in [0.1, 0.15) is 30.5 Å². The minimum absolute atomic E-state index is 0.179. The molecule has 1 N–H and O–H groups in total. The number of hydrogen-bond donors (Lipinski definition) is 1. The highest BCUT2D eigenvalue weighted by atomic mass is 16.5. The first kappa shape index (κ1) is 16.3. The van der Waals surface area contributed by atoms with E-state index in [2.05, 4.69) is 17.1 Å². The molecule has 0 unspecified atom stereocenters. The number of aliphatic imine (C=N–C) groups is 1. The van der Waals surface area contributed by atoms with Gasteiger partial charge in [0.05, 0.1) is 0 Å². The topological polar surface area (TPSA) is 41.8 Å². The van der Waals surface area contributed by atoms with Crippen LogP contribution in [0.3, 0.4) is 0 Å². The monoisotopic (exact) mass is 321 g/mol. The first-order valence-corrected chi connectivity index (χ1v) is 8.33. The fourth-order valence-corrected chi connectivity index (χ4v) is 2.84. The molecule has 0 aromatic heterocycles. The van der Waals surface area contributed by atoms with Crippen molar-refractivity contribution in [1.29, 1.82) is 0 Å². The van der Waals surface area contributed by atoms with Crippen molar-refractivity contribution in [3.8, 4) is 11.5 Å². The molecule has 24 heavy (non-hydrogen) atoms. The van der Waals surface area contributed by atoms with Crippen molar-refractivity contribution in [1.82, 2.24) is 0 Å². The molecular formula is C21H23NO2. The number of fused-ring (bicyclic) bond motifs is 1. The highest BCUT2D eigenvalue weighted by molar-refractivity contribution is 6.04. The fraction of sp³-hybridized carbons (Fsp3) is 0.286. The number of rotatable bonds is 5. The second-order valence-electron chi connectivity index (χ2n) is 6.31. The van der Waals surface area contributed by atoms with Gasteiger partial charge in [-0.2, -0.15) is 0 Å². The lowest BCUT2D eigenvalue weighted by Gasteiger charge is -2.19. The summed E-state index contributed by atoms with van der Waals surface area (Å²) in [5.41, 5.74) is 5.70. The number of allylic oxidation sites excluding steroid dienone is 1. The van der Waals surface area contributed by atoms with Crippen LogP contribution in [0.15, 0.2) is 59.1 Å². The minimum Gasteiger partial charge on any atom is -0.504 e. The summed E-state index contributed by atoms with van der Waals surface area (Å²) >= 11 is 0. The molecule has 3 nitrogen and oxygen atoms in total. The van der Waals surface area contributed by atoms with Crippen molar-refractivity contribution in [2.45, 2.75) is 26.7 Å². The second kappa shape index (κ2) is 7.35. The Balaban J connectivity index is 1.83. The van der Waals surface area contributed by atoms with E-state index in [-0.39, 0.29) is 5.75 Å². The van der Waals surface area contributed by atoms with Crippen LogP contribution in [0.4, 0.5) is 0 Å². The van der Waals surface area contributed by atoms with Gasteiger partial charge in [-0.15, -0.1) is 0 Å². The van der Waals surface area contributed by atoms with Gasteiger partial charge in [0.2, 0.25) is 0 Å². The number of nitrogens with zero attached hydrogens (tertiary/aromatic N) is 1. The molecule has 0 amide bonds. The summed E-state index contributed by atoms with van der Waals surface area (Å²) in [6.07, 6.45) is 3.67. The molecule has 0 fully saturated rings. The number of phenolic OH excluding ortho intramolecular Hbond substituents is 1. The Labute approximate surface area is 143 Å². The van der Waals surface area contributed by atoms with Crippen LogP contribution < -0.4 is 4.74 Å². The maximum absolute atomic E-state index is 10.3. The third-order valence-electron chi connectivity index (χ3n) is 4.12. The molecule has 0 spiro atoms. The van der Waals surface area contributed by atoms with Crippen LogP contribution >= 0.6 is 0 Å². The van der Waals surface area contributed by atoms with Gasteiger partial charge in [0.15, 0.2) is 11.5 Å². The molecule has 3 rings (SSSR count). The zero-order valence-electron chi connectivity index (χ0n) is 14.2. The summed E-state index contributed by atoms with van der Waals surface area (Å²) in [5.74, 6) is 0.728. The molecule has 0 saturated carbocycles. The van der Waals surface area contributed by atoms with Crippen LogP contribution in [0.5, 0.6) is 11.5 Å². The Morgan fingerprint density at radius 1 is 1.21 bits per heavy atom. The molecule has 2 aromatic carbocycles. The third kappa shape index (κ3) is 3.85. The average Bonchev–Trinajstić information content (AvgIpc) is 2.57. The largest absolute Gasteiger partial charge is 0.504 e. The molecule has 1 aliphatic rings. The molecular weight excluding hydrogens is 298 g/mol. The van der Waals surface area contributed by atoms with Gasteiger partial charge in [-0.1, -0.05) is 35.9 Å². The predicted octanol–water partition coefficient (Wildman–Crippen LogP) is 4.33. The number of phenols is 1. The number of hydrogen-bond acceptors (Lipinski definition) is 3. The van der Waals surface area contributed by atoms with E-state index in [0.717, 1.165) is 30.7 Å². The zero-order chi connectivity index (χ0) is 16.9. The summed E-state index contributed by atoms with van der Waals surface area (Å²) in [6.45, 7) is 5.32. The van der Waals surface area contributed by atoms with Gasteiger partial charge in [-0.3, -0.25) is 4.99 Å². The van der Waals surface area contributed by atoms with Gasteiger partial charge in [0.1, 0.15) is 6.61 Å². The number of benzene rings is 2. The third-order valence-corrected chi connectivity index (χ3v) is 4.12. The van der Waals surface area contributed by atoms with Gasteiger partial charge in [0, 0.05) is 24.2 Å². The van der Waals surface area contributed by atoms with E-state index in [1.54, 1.807) is 6.07 Å². The van der Waals surface area contributed by atoms with Crippen LogP contribution in [-0.4, -0.2) is 24.0 Å². The first-order chi connectivity index (χ1) is 11.6. The number of ether oxygens (including phenoxy) is 1. The predicted molar refractivity (Wildman–Crippen MR) is 98.3 cm³/mol. The highest BCUT2D eigenvalue weighted by Gasteiger charge is 2.18. The van der Waals surface area contributed by atoms with Crippen molar-refractivity contribution in [2.75, 3.05) is 13.2 Å². The quantitative estimate of drug-likeness (QED) is 0.833. The molecule has 0 radical (unpaired) electrons. The van der Waals surface area contributed by atoms with Crippen molar-refractivity contribution >= 4 is 5.71 Å². The normalized spacial score (nSPS) is 13.0. The summed E-state index contributed by atoms with van der Waals surface area (Å²) in [6, 6.07) is 14.1. The molecule has 1 heterocycles. The lowest BCUT2D eigenvalue weighted by Crippen LogP contribution is -2.15. The lowest BCUT2D eigenvalue weighted by molar-refractivity contribution is 0.335. The van der Waals surface area contributed by atoms with E-state index in [0.29, 0.717) is 12.4 Å². The summed E-state index contributed by atoms with van der Waals surface area (Å²) < 4.78 is 5.70. The first-order valence-electron chi connectivity index (χ1n) is 8.33. The molecule has 0 saturated heterocycles. The Morgan fingerprint density at radius 2 is 2.00 bits per heavy atom. The van der Waals surface area contributed by atoms with Crippen LogP contribution in [-0.2, 0) is 12.8 Å². The molecule has 0 aliphatic carbocycles. The average molecular weight is 321 g/mol. The molecule has 1 aliphatic heterocycles. The second-order valence-corrected chi connectivity index (χ2v) is 6.31. The summed E-state index contributed by atoms with van der Waals surface area (Å²) in [7, 11) is 0. The van der Waals surface area contributed by atoms with Gasteiger partial charge in [0.25, 0.3) is 0 Å². The van der Waals surface area contributed by atoms with E-state index in [9.17, 15) is 5.11 Å². The van der Waals surface area contributed by atoms with Crippen LogP contribution in [0, 0.1) is 0 Å². The Morgan fingerprint density at radius 3 is 2.75 bits per heavy atom. The highest BCUT2D eigenvalue weighted by Crippen LogP contribution is 2.32. The Bertz CT molecular complexity index is 772.